The SMILES string of the molecule is CSc1ccccc1NC(=O)CN1CCN(Cc2ccc3c(c2)OCO3)CC1. The number of hydrogen-bond donors (Lipinski definition) is 1. The molecule has 0 aromatic heterocycles. The van der Waals surface area contributed by atoms with E-state index in [0.29, 0.717) is 13.3 Å². The van der Waals surface area contributed by atoms with Gasteiger partial charge in [0.1, 0.15) is 0 Å². The number of piperazine rings is 1. The Labute approximate surface area is 169 Å². The van der Waals surface area contributed by atoms with Crippen LogP contribution < -0.4 is 14.8 Å². The van der Waals surface area contributed by atoms with E-state index in [2.05, 4.69) is 27.2 Å². The lowest BCUT2D eigenvalue weighted by molar-refractivity contribution is -0.117. The molecule has 148 valence electrons. The fraction of sp³-hybridized carbons (Fsp3) is 0.381. The molecule has 0 saturated carbocycles. The molecular weight excluding hydrogens is 374 g/mol. The van der Waals surface area contributed by atoms with Gasteiger partial charge in [-0.3, -0.25) is 14.6 Å². The second kappa shape index (κ2) is 8.86. The summed E-state index contributed by atoms with van der Waals surface area (Å²) in [5.74, 6) is 1.70. The predicted molar refractivity (Wildman–Crippen MR) is 111 cm³/mol. The van der Waals surface area contributed by atoms with Crippen LogP contribution in [-0.4, -0.2) is 61.5 Å². The number of anilines is 1. The summed E-state index contributed by atoms with van der Waals surface area (Å²) in [7, 11) is 0. The van der Waals surface area contributed by atoms with Crippen molar-refractivity contribution in [3.05, 3.63) is 48.0 Å². The number of para-hydroxylation sites is 1. The largest absolute Gasteiger partial charge is 0.454 e. The van der Waals surface area contributed by atoms with E-state index in [0.717, 1.165) is 54.8 Å². The standard InChI is InChI=1S/C21H25N3O3S/c1-28-20-5-3-2-4-17(20)22-21(25)14-24-10-8-23(9-11-24)13-16-6-7-18-19(12-16)27-15-26-18/h2-7,12H,8-11,13-15H2,1H3,(H,22,25). The van der Waals surface area contributed by atoms with Gasteiger partial charge in [0, 0.05) is 37.6 Å². The van der Waals surface area contributed by atoms with Crippen LogP contribution in [0, 0.1) is 0 Å². The molecule has 2 aliphatic heterocycles. The summed E-state index contributed by atoms with van der Waals surface area (Å²) in [6.45, 7) is 5.30. The number of fused-ring (bicyclic) bond motifs is 1. The highest BCUT2D eigenvalue weighted by molar-refractivity contribution is 7.98. The van der Waals surface area contributed by atoms with Gasteiger partial charge in [-0.2, -0.15) is 0 Å². The van der Waals surface area contributed by atoms with Gasteiger partial charge in [-0.1, -0.05) is 18.2 Å². The summed E-state index contributed by atoms with van der Waals surface area (Å²) < 4.78 is 10.8. The normalized spacial score (nSPS) is 16.9. The third-order valence-corrected chi connectivity index (χ3v) is 5.85. The Balaban J connectivity index is 1.24. The molecule has 7 heteroatoms. The monoisotopic (exact) mass is 399 g/mol. The molecular formula is C21H25N3O3S. The maximum absolute atomic E-state index is 12.4. The van der Waals surface area contributed by atoms with Gasteiger partial charge < -0.3 is 14.8 Å². The first-order valence-corrected chi connectivity index (χ1v) is 10.7. The third kappa shape index (κ3) is 4.60. The van der Waals surface area contributed by atoms with E-state index in [9.17, 15) is 4.79 Å². The lowest BCUT2D eigenvalue weighted by atomic mass is 10.1. The van der Waals surface area contributed by atoms with Gasteiger partial charge in [0.25, 0.3) is 0 Å². The molecule has 0 atom stereocenters. The molecule has 1 N–H and O–H groups in total. The van der Waals surface area contributed by atoms with Crippen molar-refractivity contribution in [1.82, 2.24) is 9.80 Å². The topological polar surface area (TPSA) is 54.0 Å². The summed E-state index contributed by atoms with van der Waals surface area (Å²) in [5.41, 5.74) is 2.12. The molecule has 2 heterocycles. The number of nitrogens with one attached hydrogen (secondary N) is 1. The number of amides is 1. The highest BCUT2D eigenvalue weighted by atomic mass is 32.2. The minimum Gasteiger partial charge on any atom is -0.454 e. The van der Waals surface area contributed by atoms with Crippen LogP contribution >= 0.6 is 11.8 Å². The summed E-state index contributed by atoms with van der Waals surface area (Å²) in [6, 6.07) is 14.0. The number of carbonyl (C=O) groups excluding carboxylic acids is 1. The quantitative estimate of drug-likeness (QED) is 0.754. The summed E-state index contributed by atoms with van der Waals surface area (Å²) >= 11 is 1.64. The maximum atomic E-state index is 12.4. The maximum Gasteiger partial charge on any atom is 0.238 e. The van der Waals surface area contributed by atoms with Crippen LogP contribution in [0.1, 0.15) is 5.56 Å². The van der Waals surface area contributed by atoms with Crippen LogP contribution in [0.3, 0.4) is 0 Å². The molecule has 0 spiro atoms. The molecule has 1 fully saturated rings. The lowest BCUT2D eigenvalue weighted by Crippen LogP contribution is -2.48. The molecule has 0 unspecified atom stereocenters. The number of nitrogens with zero attached hydrogens (tertiary/aromatic N) is 2. The third-order valence-electron chi connectivity index (χ3n) is 5.06. The number of rotatable bonds is 6. The number of thioether (sulfide) groups is 1. The van der Waals surface area contributed by atoms with E-state index in [1.165, 1.54) is 5.56 Å². The zero-order valence-electron chi connectivity index (χ0n) is 16.0. The highest BCUT2D eigenvalue weighted by Gasteiger charge is 2.20. The van der Waals surface area contributed by atoms with Gasteiger partial charge in [0.2, 0.25) is 12.7 Å². The van der Waals surface area contributed by atoms with Crippen molar-refractivity contribution in [1.29, 1.82) is 0 Å². The van der Waals surface area contributed by atoms with E-state index in [1.807, 2.05) is 36.6 Å². The molecule has 0 aliphatic carbocycles. The molecule has 4 rings (SSSR count). The zero-order chi connectivity index (χ0) is 19.3. The Bertz CT molecular complexity index is 837. The highest BCUT2D eigenvalue weighted by Crippen LogP contribution is 2.32. The smallest absolute Gasteiger partial charge is 0.238 e. The van der Waals surface area contributed by atoms with E-state index in [4.69, 9.17) is 9.47 Å². The Hall–Kier alpha value is -2.22. The van der Waals surface area contributed by atoms with Gasteiger partial charge >= 0.3 is 0 Å². The lowest BCUT2D eigenvalue weighted by Gasteiger charge is -2.34. The van der Waals surface area contributed by atoms with Crippen molar-refractivity contribution in [3.8, 4) is 11.5 Å². The molecule has 1 saturated heterocycles. The number of hydrogen-bond acceptors (Lipinski definition) is 6. The van der Waals surface area contributed by atoms with Crippen molar-refractivity contribution in [3.63, 3.8) is 0 Å². The molecule has 2 aromatic rings. The first kappa shape index (κ1) is 19.1. The fourth-order valence-corrected chi connectivity index (χ4v) is 4.10. The molecule has 2 aliphatic rings. The molecule has 28 heavy (non-hydrogen) atoms. The van der Waals surface area contributed by atoms with Crippen molar-refractivity contribution in [2.24, 2.45) is 0 Å². The van der Waals surface area contributed by atoms with Crippen molar-refractivity contribution in [2.75, 3.05) is 51.1 Å². The van der Waals surface area contributed by atoms with E-state index in [-0.39, 0.29) is 5.91 Å². The first-order valence-electron chi connectivity index (χ1n) is 9.47. The van der Waals surface area contributed by atoms with Crippen LogP contribution in [0.4, 0.5) is 5.69 Å². The molecule has 1 amide bonds. The second-order valence-corrected chi connectivity index (χ2v) is 7.84. The predicted octanol–water partition coefficient (Wildman–Crippen LogP) is 2.89. The van der Waals surface area contributed by atoms with Crippen LogP contribution in [0.15, 0.2) is 47.4 Å². The molecule has 0 radical (unpaired) electrons. The van der Waals surface area contributed by atoms with E-state index in [1.54, 1.807) is 11.8 Å². The van der Waals surface area contributed by atoms with Gasteiger partial charge in [-0.05, 0) is 36.1 Å². The second-order valence-electron chi connectivity index (χ2n) is 6.99. The molecule has 0 bridgehead atoms. The van der Waals surface area contributed by atoms with Gasteiger partial charge in [-0.15, -0.1) is 11.8 Å². The van der Waals surface area contributed by atoms with Gasteiger partial charge in [-0.25, -0.2) is 0 Å². The Morgan fingerprint density at radius 3 is 2.61 bits per heavy atom. The summed E-state index contributed by atoms with van der Waals surface area (Å²) in [6.07, 6.45) is 2.02. The van der Waals surface area contributed by atoms with Crippen LogP contribution in [0.5, 0.6) is 11.5 Å². The summed E-state index contributed by atoms with van der Waals surface area (Å²) in [5, 5.41) is 3.04. The van der Waals surface area contributed by atoms with Crippen LogP contribution in [0.25, 0.3) is 0 Å². The van der Waals surface area contributed by atoms with E-state index < -0.39 is 0 Å². The minimum absolute atomic E-state index is 0.0470. The number of benzene rings is 2. The fourth-order valence-electron chi connectivity index (χ4n) is 3.54. The average molecular weight is 400 g/mol. The zero-order valence-corrected chi connectivity index (χ0v) is 16.8. The Kier molecular flexibility index (Phi) is 6.04. The Morgan fingerprint density at radius 2 is 1.79 bits per heavy atom. The molecule has 2 aromatic carbocycles. The summed E-state index contributed by atoms with van der Waals surface area (Å²) in [4.78, 5) is 18.1. The minimum atomic E-state index is 0.0470. The van der Waals surface area contributed by atoms with Gasteiger partial charge in [0.05, 0.1) is 12.2 Å². The van der Waals surface area contributed by atoms with Gasteiger partial charge in [0.15, 0.2) is 11.5 Å². The van der Waals surface area contributed by atoms with Crippen molar-refractivity contribution in [2.45, 2.75) is 11.4 Å². The Morgan fingerprint density at radius 1 is 1.04 bits per heavy atom. The van der Waals surface area contributed by atoms with Crippen LogP contribution in [0.2, 0.25) is 0 Å². The number of carbonyl (C=O) groups is 1. The van der Waals surface area contributed by atoms with Crippen molar-refractivity contribution < 1.29 is 14.3 Å². The number of ether oxygens (including phenoxy) is 2. The first-order chi connectivity index (χ1) is 13.7. The average Bonchev–Trinajstić information content (AvgIpc) is 3.18. The molecule has 6 nitrogen and oxygen atoms in total. The van der Waals surface area contributed by atoms with Crippen LogP contribution in [-0.2, 0) is 11.3 Å². The van der Waals surface area contributed by atoms with Crippen molar-refractivity contribution >= 4 is 23.4 Å². The van der Waals surface area contributed by atoms with E-state index >= 15 is 0 Å².